The number of aromatic hydroxyl groups is 1. The molecule has 1 aromatic heterocycles. The van der Waals surface area contributed by atoms with Crippen molar-refractivity contribution in [1.82, 2.24) is 4.98 Å². The van der Waals surface area contributed by atoms with E-state index in [1.165, 1.54) is 0 Å². The number of fused-ring (bicyclic) bond motifs is 1. The number of nitrogens with one attached hydrogen (secondary N) is 1. The zero-order valence-electron chi connectivity index (χ0n) is 11.0. The van der Waals surface area contributed by atoms with E-state index in [9.17, 15) is 5.11 Å². The number of phenols is 1. The zero-order valence-corrected chi connectivity index (χ0v) is 13.3. The molecule has 21 heavy (non-hydrogen) atoms. The third-order valence-corrected chi connectivity index (χ3v) is 4.03. The van der Waals surface area contributed by atoms with Crippen molar-refractivity contribution in [2.24, 2.45) is 0 Å². The molecule has 0 saturated heterocycles. The first-order chi connectivity index (χ1) is 10.1. The molecule has 3 nitrogen and oxygen atoms in total. The molecular formula is C16H12BrClN2O. The monoisotopic (exact) mass is 362 g/mol. The molecule has 3 aromatic rings. The maximum absolute atomic E-state index is 9.88. The third kappa shape index (κ3) is 2.96. The summed E-state index contributed by atoms with van der Waals surface area (Å²) in [5, 5.41) is 14.8. The number of halogens is 2. The van der Waals surface area contributed by atoms with Gasteiger partial charge in [-0.05, 0) is 42.5 Å². The van der Waals surface area contributed by atoms with Crippen LogP contribution >= 0.6 is 27.5 Å². The Hall–Kier alpha value is -1.78. The van der Waals surface area contributed by atoms with Gasteiger partial charge in [0.15, 0.2) is 0 Å². The van der Waals surface area contributed by atoms with E-state index in [1.54, 1.807) is 18.3 Å². The minimum atomic E-state index is 0.266. The molecule has 0 radical (unpaired) electrons. The van der Waals surface area contributed by atoms with Crippen molar-refractivity contribution in [3.8, 4) is 5.75 Å². The van der Waals surface area contributed by atoms with E-state index in [4.69, 9.17) is 11.6 Å². The number of aromatic nitrogens is 1. The number of benzene rings is 2. The highest BCUT2D eigenvalue weighted by molar-refractivity contribution is 9.10. The smallest absolute Gasteiger partial charge is 0.120 e. The van der Waals surface area contributed by atoms with Gasteiger partial charge in [0.2, 0.25) is 0 Å². The fourth-order valence-corrected chi connectivity index (χ4v) is 2.80. The highest BCUT2D eigenvalue weighted by Gasteiger charge is 2.07. The van der Waals surface area contributed by atoms with Gasteiger partial charge in [-0.1, -0.05) is 27.5 Å². The topological polar surface area (TPSA) is 45.1 Å². The van der Waals surface area contributed by atoms with Gasteiger partial charge in [-0.15, -0.1) is 0 Å². The van der Waals surface area contributed by atoms with Gasteiger partial charge in [0, 0.05) is 33.9 Å². The largest absolute Gasteiger partial charge is 0.508 e. The summed E-state index contributed by atoms with van der Waals surface area (Å²) in [6.07, 6.45) is 1.72. The van der Waals surface area contributed by atoms with Crippen LogP contribution in [0.3, 0.4) is 0 Å². The van der Waals surface area contributed by atoms with Gasteiger partial charge in [-0.25, -0.2) is 0 Å². The van der Waals surface area contributed by atoms with Crippen LogP contribution in [0.5, 0.6) is 5.75 Å². The van der Waals surface area contributed by atoms with Gasteiger partial charge >= 0.3 is 0 Å². The highest BCUT2D eigenvalue weighted by Crippen LogP contribution is 2.29. The van der Waals surface area contributed by atoms with E-state index < -0.39 is 0 Å². The summed E-state index contributed by atoms with van der Waals surface area (Å²) in [4.78, 5) is 4.30. The molecule has 0 bridgehead atoms. The minimum Gasteiger partial charge on any atom is -0.508 e. The molecule has 0 aliphatic heterocycles. The van der Waals surface area contributed by atoms with E-state index >= 15 is 0 Å². The van der Waals surface area contributed by atoms with E-state index in [2.05, 4.69) is 26.2 Å². The second-order valence-electron chi connectivity index (χ2n) is 4.62. The molecule has 0 spiro atoms. The summed E-state index contributed by atoms with van der Waals surface area (Å²) >= 11 is 9.56. The molecule has 0 atom stereocenters. The van der Waals surface area contributed by atoms with Crippen molar-refractivity contribution in [3.63, 3.8) is 0 Å². The number of hydrogen-bond donors (Lipinski definition) is 2. The maximum atomic E-state index is 9.88. The summed E-state index contributed by atoms with van der Waals surface area (Å²) in [6, 6.07) is 12.9. The van der Waals surface area contributed by atoms with Gasteiger partial charge in [0.1, 0.15) is 5.75 Å². The van der Waals surface area contributed by atoms with Crippen molar-refractivity contribution in [3.05, 3.63) is 63.7 Å². The maximum Gasteiger partial charge on any atom is 0.120 e. The van der Waals surface area contributed by atoms with Crippen LogP contribution in [0.2, 0.25) is 5.02 Å². The standard InChI is InChI=1S/C16H12BrClN2O/c17-11-3-6-15(21)10(8-11)9-20-14-5-4-13(18)16-12(14)2-1-7-19-16/h1-8,20-21H,9H2. The quantitative estimate of drug-likeness (QED) is 0.690. The lowest BCUT2D eigenvalue weighted by Gasteiger charge is -2.11. The van der Waals surface area contributed by atoms with Gasteiger partial charge in [-0.3, -0.25) is 4.98 Å². The van der Waals surface area contributed by atoms with Crippen LogP contribution in [0.25, 0.3) is 10.9 Å². The Bertz CT molecular complexity index is 807. The molecule has 1 heterocycles. The molecule has 106 valence electrons. The Kier molecular flexibility index (Phi) is 3.99. The van der Waals surface area contributed by atoms with E-state index in [1.807, 2.05) is 30.3 Å². The molecule has 0 amide bonds. The van der Waals surface area contributed by atoms with Crippen molar-refractivity contribution in [2.45, 2.75) is 6.54 Å². The van der Waals surface area contributed by atoms with Crippen LogP contribution in [-0.2, 0) is 6.54 Å². The highest BCUT2D eigenvalue weighted by atomic mass is 79.9. The first-order valence-corrected chi connectivity index (χ1v) is 7.57. The molecule has 0 saturated carbocycles. The summed E-state index contributed by atoms with van der Waals surface area (Å²) in [5.74, 6) is 0.266. The normalized spacial score (nSPS) is 10.8. The Morgan fingerprint density at radius 1 is 1.19 bits per heavy atom. The Morgan fingerprint density at radius 3 is 2.90 bits per heavy atom. The van der Waals surface area contributed by atoms with Crippen molar-refractivity contribution in [2.75, 3.05) is 5.32 Å². The second-order valence-corrected chi connectivity index (χ2v) is 5.94. The van der Waals surface area contributed by atoms with Crippen molar-refractivity contribution >= 4 is 44.1 Å². The SMILES string of the molecule is Oc1ccc(Br)cc1CNc1ccc(Cl)c2ncccc12. The molecule has 5 heteroatoms. The average Bonchev–Trinajstić information content (AvgIpc) is 2.50. The molecule has 2 aromatic carbocycles. The third-order valence-electron chi connectivity index (χ3n) is 3.23. The number of nitrogens with zero attached hydrogens (tertiary/aromatic N) is 1. The van der Waals surface area contributed by atoms with Gasteiger partial charge in [0.05, 0.1) is 10.5 Å². The van der Waals surface area contributed by atoms with E-state index in [-0.39, 0.29) is 5.75 Å². The lowest BCUT2D eigenvalue weighted by molar-refractivity contribution is 0.469. The molecule has 0 unspecified atom stereocenters. The second kappa shape index (κ2) is 5.92. The summed E-state index contributed by atoms with van der Waals surface area (Å²) < 4.78 is 0.930. The number of rotatable bonds is 3. The first kappa shape index (κ1) is 14.2. The molecule has 2 N–H and O–H groups in total. The Morgan fingerprint density at radius 2 is 2.05 bits per heavy atom. The number of hydrogen-bond acceptors (Lipinski definition) is 3. The first-order valence-electron chi connectivity index (χ1n) is 6.39. The lowest BCUT2D eigenvalue weighted by atomic mass is 10.1. The van der Waals surface area contributed by atoms with Crippen LogP contribution in [0.1, 0.15) is 5.56 Å². The van der Waals surface area contributed by atoms with Crippen LogP contribution in [-0.4, -0.2) is 10.1 Å². The van der Waals surface area contributed by atoms with Crippen molar-refractivity contribution in [1.29, 1.82) is 0 Å². The molecule has 0 fully saturated rings. The van der Waals surface area contributed by atoms with Crippen LogP contribution in [0, 0.1) is 0 Å². The van der Waals surface area contributed by atoms with Gasteiger partial charge in [-0.2, -0.15) is 0 Å². The van der Waals surface area contributed by atoms with Crippen LogP contribution in [0.15, 0.2) is 53.1 Å². The number of anilines is 1. The van der Waals surface area contributed by atoms with Gasteiger partial charge < -0.3 is 10.4 Å². The Labute approximate surface area is 135 Å². The summed E-state index contributed by atoms with van der Waals surface area (Å²) in [6.45, 7) is 0.511. The summed E-state index contributed by atoms with van der Waals surface area (Å²) in [5.41, 5.74) is 2.51. The average molecular weight is 364 g/mol. The predicted molar refractivity (Wildman–Crippen MR) is 89.9 cm³/mol. The summed E-state index contributed by atoms with van der Waals surface area (Å²) in [7, 11) is 0. The van der Waals surface area contributed by atoms with Gasteiger partial charge in [0.25, 0.3) is 0 Å². The van der Waals surface area contributed by atoms with Crippen LogP contribution in [0.4, 0.5) is 5.69 Å². The minimum absolute atomic E-state index is 0.266. The van der Waals surface area contributed by atoms with E-state index in [0.717, 1.165) is 26.6 Å². The zero-order chi connectivity index (χ0) is 14.8. The van der Waals surface area contributed by atoms with Crippen molar-refractivity contribution < 1.29 is 5.11 Å². The lowest BCUT2D eigenvalue weighted by Crippen LogP contribution is -2.00. The molecular weight excluding hydrogens is 352 g/mol. The number of pyridine rings is 1. The molecule has 0 aliphatic carbocycles. The predicted octanol–water partition coefficient (Wildman–Crippen LogP) is 4.97. The molecule has 0 aliphatic rings. The van der Waals surface area contributed by atoms with Crippen LogP contribution < -0.4 is 5.32 Å². The Balaban J connectivity index is 1.92. The van der Waals surface area contributed by atoms with E-state index in [0.29, 0.717) is 11.6 Å². The fourth-order valence-electron chi connectivity index (χ4n) is 2.18. The number of phenolic OH excluding ortho intramolecular Hbond substituents is 1. The fraction of sp³-hybridized carbons (Fsp3) is 0.0625. The molecule has 3 rings (SSSR count).